The summed E-state index contributed by atoms with van der Waals surface area (Å²) in [7, 11) is 1.95. The molecule has 4 aliphatic heterocycles. The number of imidazole rings is 1. The molecule has 1 aromatic heterocycles. The van der Waals surface area contributed by atoms with Crippen molar-refractivity contribution in [1.82, 2.24) is 30.0 Å². The summed E-state index contributed by atoms with van der Waals surface area (Å²) < 4.78 is 20.0. The van der Waals surface area contributed by atoms with E-state index in [0.29, 0.717) is 76.6 Å². The highest BCUT2D eigenvalue weighted by molar-refractivity contribution is 6.00. The molecule has 0 saturated carbocycles. The summed E-state index contributed by atoms with van der Waals surface area (Å²) in [4.78, 5) is 49.2. The number of carbonyl (C=O) groups is 3. The molecule has 6 rings (SSSR count). The normalized spacial score (nSPS) is 27.7. The van der Waals surface area contributed by atoms with E-state index < -0.39 is 12.1 Å². The second kappa shape index (κ2) is 13.4. The van der Waals surface area contributed by atoms with Gasteiger partial charge in [0.2, 0.25) is 11.8 Å². The summed E-state index contributed by atoms with van der Waals surface area (Å²) in [6, 6.07) is 6.30. The van der Waals surface area contributed by atoms with Crippen LogP contribution in [0.25, 0.3) is 0 Å². The number of benzene rings is 1. The predicted molar refractivity (Wildman–Crippen MR) is 156 cm³/mol. The van der Waals surface area contributed by atoms with Crippen molar-refractivity contribution in [2.45, 2.75) is 62.9 Å². The van der Waals surface area contributed by atoms with Crippen LogP contribution in [-0.2, 0) is 32.7 Å². The van der Waals surface area contributed by atoms with Crippen LogP contribution in [0.2, 0.25) is 0 Å². The number of fused-ring (bicyclic) bond motifs is 4. The Labute approximate surface area is 252 Å². The van der Waals surface area contributed by atoms with Crippen molar-refractivity contribution in [1.29, 1.82) is 0 Å². The molecule has 2 bridgehead atoms. The van der Waals surface area contributed by atoms with E-state index in [0.717, 1.165) is 18.7 Å². The van der Waals surface area contributed by atoms with Crippen LogP contribution in [0.1, 0.15) is 48.3 Å². The Morgan fingerprint density at radius 2 is 1.91 bits per heavy atom. The van der Waals surface area contributed by atoms with Crippen LogP contribution in [-0.4, -0.2) is 107 Å². The van der Waals surface area contributed by atoms with E-state index in [9.17, 15) is 14.4 Å². The third-order valence-corrected chi connectivity index (χ3v) is 9.14. The maximum absolute atomic E-state index is 13.9. The van der Waals surface area contributed by atoms with E-state index in [1.807, 2.05) is 29.9 Å². The Morgan fingerprint density at radius 3 is 2.72 bits per heavy atom. The topological polar surface area (TPSA) is 127 Å². The molecule has 0 radical (unpaired) electrons. The second-order valence-corrected chi connectivity index (χ2v) is 12.0. The molecule has 3 saturated heterocycles. The molecule has 12 heteroatoms. The van der Waals surface area contributed by atoms with Gasteiger partial charge in [-0.25, -0.2) is 4.98 Å². The van der Waals surface area contributed by atoms with Crippen molar-refractivity contribution in [3.05, 3.63) is 48.0 Å². The summed E-state index contributed by atoms with van der Waals surface area (Å²) in [6.45, 7) is 3.77. The fourth-order valence-corrected chi connectivity index (χ4v) is 6.53. The molecule has 2 N–H and O–H groups in total. The molecule has 1 aromatic carbocycles. The van der Waals surface area contributed by atoms with Crippen LogP contribution in [0.15, 0.2) is 36.7 Å². The Kier molecular flexibility index (Phi) is 9.25. The molecule has 2 aromatic rings. The Hall–Kier alpha value is -3.48. The largest absolute Gasteiger partial charge is 0.493 e. The molecule has 5 heterocycles. The lowest BCUT2D eigenvalue weighted by atomic mass is 9.94. The Morgan fingerprint density at radius 1 is 1.07 bits per heavy atom. The average Bonchev–Trinajstić information content (AvgIpc) is 3.44. The van der Waals surface area contributed by atoms with E-state index in [1.54, 1.807) is 23.2 Å². The fraction of sp³-hybridized carbons (Fsp3) is 0.613. The van der Waals surface area contributed by atoms with Gasteiger partial charge in [-0.1, -0.05) is 12.1 Å². The van der Waals surface area contributed by atoms with Crippen molar-refractivity contribution < 1.29 is 28.6 Å². The van der Waals surface area contributed by atoms with Crippen molar-refractivity contribution in [3.63, 3.8) is 0 Å². The van der Waals surface area contributed by atoms with Crippen LogP contribution in [0, 0.1) is 5.92 Å². The van der Waals surface area contributed by atoms with Crippen LogP contribution in [0.5, 0.6) is 5.75 Å². The van der Waals surface area contributed by atoms with Crippen molar-refractivity contribution in [2.24, 2.45) is 13.0 Å². The van der Waals surface area contributed by atoms with Gasteiger partial charge in [0, 0.05) is 71.2 Å². The number of amides is 3. The quantitative estimate of drug-likeness (QED) is 0.539. The maximum Gasteiger partial charge on any atom is 0.258 e. The molecule has 3 fully saturated rings. The lowest BCUT2D eigenvalue weighted by Gasteiger charge is -2.42. The number of carbonyl (C=O) groups excluding carboxylic acids is 3. The fourth-order valence-electron chi connectivity index (χ4n) is 6.53. The van der Waals surface area contributed by atoms with Gasteiger partial charge in [-0.05, 0) is 37.8 Å². The molecule has 4 atom stereocenters. The van der Waals surface area contributed by atoms with Gasteiger partial charge < -0.3 is 34.3 Å². The van der Waals surface area contributed by atoms with E-state index in [2.05, 4.69) is 20.5 Å². The summed E-state index contributed by atoms with van der Waals surface area (Å²) in [5.74, 6) is 0.892. The van der Waals surface area contributed by atoms with Crippen LogP contribution in [0.3, 0.4) is 0 Å². The number of hydrogen-bond acceptors (Lipinski definition) is 8. The molecule has 0 aliphatic carbocycles. The lowest BCUT2D eigenvalue weighted by molar-refractivity contribution is -0.134. The number of para-hydroxylation sites is 1. The molecule has 0 unspecified atom stereocenters. The van der Waals surface area contributed by atoms with E-state index >= 15 is 0 Å². The number of aromatic nitrogens is 2. The minimum absolute atomic E-state index is 0.0231. The maximum atomic E-state index is 13.9. The van der Waals surface area contributed by atoms with Crippen molar-refractivity contribution >= 4 is 17.7 Å². The van der Waals surface area contributed by atoms with Gasteiger partial charge in [0.15, 0.2) is 0 Å². The van der Waals surface area contributed by atoms with Gasteiger partial charge >= 0.3 is 0 Å². The summed E-state index contributed by atoms with van der Waals surface area (Å²) >= 11 is 0. The lowest BCUT2D eigenvalue weighted by Crippen LogP contribution is -2.62. The highest BCUT2D eigenvalue weighted by Gasteiger charge is 2.39. The SMILES string of the molecule is Cn1ccnc1CN1CCN2C(=O)c3ccccc3OCC[C@@H]3CC[C@@H](NC(=O)C4CCOCC4)[C@@H](CNC(=O)[C@@H]2C1)O3. The number of rotatable bonds is 4. The Balaban J connectivity index is 1.22. The van der Waals surface area contributed by atoms with Gasteiger partial charge in [0.05, 0.1) is 37.0 Å². The highest BCUT2D eigenvalue weighted by Crippen LogP contribution is 2.27. The third-order valence-electron chi connectivity index (χ3n) is 9.14. The van der Waals surface area contributed by atoms with Crippen LogP contribution < -0.4 is 15.4 Å². The minimum atomic E-state index is -0.716. The molecule has 3 amide bonds. The van der Waals surface area contributed by atoms with Gasteiger partial charge in [-0.15, -0.1) is 0 Å². The van der Waals surface area contributed by atoms with Gasteiger partial charge in [-0.3, -0.25) is 19.3 Å². The standard InChI is InChI=1S/C31H42N6O6/c1-35-12-11-32-28(35)20-36-13-14-37-25(19-36)30(39)33-18-27-24(34-29(38)21-8-15-41-16-9-21)7-6-22(43-27)10-17-42-26-5-3-2-4-23(26)31(37)40/h2-5,11-12,21-22,24-25,27H,6-10,13-20H2,1H3,(H,33,39)(H,34,38)/t22-,24+,25-,27+/m0/s1. The Bertz CT molecular complexity index is 1300. The number of hydrogen-bond donors (Lipinski definition) is 2. The van der Waals surface area contributed by atoms with Gasteiger partial charge in [0.25, 0.3) is 5.91 Å². The molecule has 4 aliphatic rings. The molecular formula is C31H42N6O6. The zero-order valence-corrected chi connectivity index (χ0v) is 24.8. The van der Waals surface area contributed by atoms with Crippen LogP contribution >= 0.6 is 0 Å². The first-order chi connectivity index (χ1) is 21.0. The number of nitrogens with one attached hydrogen (secondary N) is 2. The smallest absolute Gasteiger partial charge is 0.258 e. The first kappa shape index (κ1) is 29.6. The predicted octanol–water partition coefficient (Wildman–Crippen LogP) is 1.10. The second-order valence-electron chi connectivity index (χ2n) is 12.0. The summed E-state index contributed by atoms with van der Waals surface area (Å²) in [5.41, 5.74) is 0.452. The first-order valence-electron chi connectivity index (χ1n) is 15.5. The van der Waals surface area contributed by atoms with Crippen molar-refractivity contribution in [3.8, 4) is 5.75 Å². The minimum Gasteiger partial charge on any atom is -0.493 e. The molecule has 0 spiro atoms. The van der Waals surface area contributed by atoms with E-state index in [1.165, 1.54) is 0 Å². The monoisotopic (exact) mass is 594 g/mol. The number of aryl methyl sites for hydroxylation is 1. The zero-order chi connectivity index (χ0) is 29.8. The first-order valence-corrected chi connectivity index (χ1v) is 15.5. The number of nitrogens with zero attached hydrogens (tertiary/aromatic N) is 4. The van der Waals surface area contributed by atoms with Gasteiger partial charge in [-0.2, -0.15) is 0 Å². The van der Waals surface area contributed by atoms with Crippen molar-refractivity contribution in [2.75, 3.05) is 46.0 Å². The third kappa shape index (κ3) is 6.86. The molecule has 43 heavy (non-hydrogen) atoms. The summed E-state index contributed by atoms with van der Waals surface area (Å²) in [5, 5.41) is 6.32. The molecular weight excluding hydrogens is 552 g/mol. The average molecular weight is 595 g/mol. The van der Waals surface area contributed by atoms with Gasteiger partial charge in [0.1, 0.15) is 17.6 Å². The van der Waals surface area contributed by atoms with E-state index in [-0.39, 0.29) is 42.3 Å². The zero-order valence-electron chi connectivity index (χ0n) is 24.8. The van der Waals surface area contributed by atoms with E-state index in [4.69, 9.17) is 14.2 Å². The van der Waals surface area contributed by atoms with Crippen LogP contribution in [0.4, 0.5) is 0 Å². The summed E-state index contributed by atoms with van der Waals surface area (Å²) in [6.07, 6.45) is 6.77. The highest BCUT2D eigenvalue weighted by atomic mass is 16.5. The molecule has 12 nitrogen and oxygen atoms in total. The number of piperazine rings is 1. The molecule has 232 valence electrons. The number of ether oxygens (including phenoxy) is 3.